The van der Waals surface area contributed by atoms with Crippen LogP contribution < -0.4 is 0 Å². The average molecular weight is 347 g/mol. The molecule has 4 rings (SSSR count). The Hall–Kier alpha value is -2.43. The Morgan fingerprint density at radius 3 is 2.31 bits per heavy atom. The van der Waals surface area contributed by atoms with Gasteiger partial charge in [0.15, 0.2) is 5.78 Å². The summed E-state index contributed by atoms with van der Waals surface area (Å²) in [6.45, 7) is 5.42. The molecule has 0 N–H and O–H groups in total. The summed E-state index contributed by atoms with van der Waals surface area (Å²) in [5.74, 6) is 0.221. The summed E-state index contributed by atoms with van der Waals surface area (Å²) in [6, 6.07) is 18.7. The zero-order valence-corrected chi connectivity index (χ0v) is 15.3. The molecule has 0 saturated carbocycles. The second-order valence-corrected chi connectivity index (χ2v) is 7.13. The molecule has 1 fully saturated rings. The lowest BCUT2D eigenvalue weighted by atomic mass is 10.1. The van der Waals surface area contributed by atoms with Crippen molar-refractivity contribution >= 4 is 16.7 Å². The minimum absolute atomic E-state index is 0.221. The zero-order valence-electron chi connectivity index (χ0n) is 15.3. The number of Topliss-reactive ketones (excluding diaryl/α,β-unsaturated/α-hetero) is 1. The van der Waals surface area contributed by atoms with Gasteiger partial charge in [-0.3, -0.25) is 14.6 Å². The van der Waals surface area contributed by atoms with Crippen LogP contribution in [0.2, 0.25) is 0 Å². The molecule has 0 aliphatic carbocycles. The lowest BCUT2D eigenvalue weighted by Gasteiger charge is -2.34. The first-order valence-electron chi connectivity index (χ1n) is 9.26. The van der Waals surface area contributed by atoms with E-state index in [-0.39, 0.29) is 5.78 Å². The third-order valence-electron chi connectivity index (χ3n) is 5.28. The topological polar surface area (TPSA) is 28.5 Å². The normalized spacial score (nSPS) is 16.2. The van der Waals surface area contributed by atoms with Crippen LogP contribution in [0.25, 0.3) is 10.9 Å². The number of carbonyl (C=O) groups is 1. The van der Waals surface area contributed by atoms with E-state index in [2.05, 4.69) is 46.2 Å². The van der Waals surface area contributed by atoms with Crippen molar-refractivity contribution in [1.29, 1.82) is 0 Å². The number of hydrogen-bond acceptors (Lipinski definition) is 3. The highest BCUT2D eigenvalue weighted by molar-refractivity contribution is 6.09. The fraction of sp³-hybridized carbons (Fsp3) is 0.318. The van der Waals surface area contributed by atoms with Gasteiger partial charge in [0.1, 0.15) is 0 Å². The summed E-state index contributed by atoms with van der Waals surface area (Å²) in [5.41, 5.74) is 3.31. The van der Waals surface area contributed by atoms with Crippen molar-refractivity contribution < 1.29 is 4.79 Å². The van der Waals surface area contributed by atoms with Crippen molar-refractivity contribution in [2.45, 2.75) is 6.54 Å². The van der Waals surface area contributed by atoms with E-state index in [1.54, 1.807) is 0 Å². The van der Waals surface area contributed by atoms with E-state index in [0.29, 0.717) is 6.54 Å². The van der Waals surface area contributed by atoms with Gasteiger partial charge in [0.05, 0.1) is 6.54 Å². The lowest BCUT2D eigenvalue weighted by Crippen LogP contribution is -2.47. The van der Waals surface area contributed by atoms with Gasteiger partial charge < -0.3 is 4.57 Å². The van der Waals surface area contributed by atoms with Crippen LogP contribution in [-0.2, 0) is 13.6 Å². The van der Waals surface area contributed by atoms with Crippen LogP contribution in [0.5, 0.6) is 0 Å². The van der Waals surface area contributed by atoms with Gasteiger partial charge in [0.2, 0.25) is 0 Å². The third-order valence-corrected chi connectivity index (χ3v) is 5.28. The van der Waals surface area contributed by atoms with Crippen LogP contribution in [0, 0.1) is 0 Å². The number of para-hydroxylation sites is 1. The highest BCUT2D eigenvalue weighted by atomic mass is 16.1. The summed E-state index contributed by atoms with van der Waals surface area (Å²) in [6.07, 6.45) is 1.97. The molecule has 0 unspecified atom stereocenters. The molecule has 0 spiro atoms. The van der Waals surface area contributed by atoms with E-state index in [1.807, 2.05) is 36.0 Å². The number of nitrogens with zero attached hydrogens (tertiary/aromatic N) is 3. The fourth-order valence-electron chi connectivity index (χ4n) is 3.80. The average Bonchev–Trinajstić information content (AvgIpc) is 3.01. The number of piperazine rings is 1. The van der Waals surface area contributed by atoms with E-state index in [1.165, 1.54) is 5.56 Å². The van der Waals surface area contributed by atoms with Crippen molar-refractivity contribution in [2.24, 2.45) is 7.05 Å². The first-order valence-corrected chi connectivity index (χ1v) is 9.26. The van der Waals surface area contributed by atoms with Gasteiger partial charge in [0.25, 0.3) is 0 Å². The maximum absolute atomic E-state index is 12.8. The summed E-state index contributed by atoms with van der Waals surface area (Å²) in [7, 11) is 2.00. The number of hydrogen-bond donors (Lipinski definition) is 0. The van der Waals surface area contributed by atoms with Crippen molar-refractivity contribution in [2.75, 3.05) is 32.7 Å². The van der Waals surface area contributed by atoms with E-state index >= 15 is 0 Å². The molecule has 0 amide bonds. The molecule has 2 aromatic carbocycles. The number of aryl methyl sites for hydroxylation is 1. The molecule has 1 saturated heterocycles. The summed E-state index contributed by atoms with van der Waals surface area (Å²) in [5, 5.41) is 1.06. The van der Waals surface area contributed by atoms with Crippen LogP contribution in [0.1, 0.15) is 15.9 Å². The maximum Gasteiger partial charge on any atom is 0.178 e. The Labute approximate surface area is 154 Å². The molecule has 26 heavy (non-hydrogen) atoms. The Morgan fingerprint density at radius 1 is 0.885 bits per heavy atom. The van der Waals surface area contributed by atoms with Crippen molar-refractivity contribution in [3.8, 4) is 0 Å². The largest absolute Gasteiger partial charge is 0.350 e. The van der Waals surface area contributed by atoms with E-state index < -0.39 is 0 Å². The molecule has 1 aromatic heterocycles. The van der Waals surface area contributed by atoms with Crippen LogP contribution in [0.4, 0.5) is 0 Å². The second kappa shape index (κ2) is 7.44. The summed E-state index contributed by atoms with van der Waals surface area (Å²) < 4.78 is 2.04. The first kappa shape index (κ1) is 17.0. The van der Waals surface area contributed by atoms with E-state index in [0.717, 1.165) is 49.2 Å². The lowest BCUT2D eigenvalue weighted by molar-refractivity contribution is 0.0845. The molecule has 4 nitrogen and oxygen atoms in total. The number of ketones is 1. The molecular weight excluding hydrogens is 322 g/mol. The Morgan fingerprint density at radius 2 is 1.54 bits per heavy atom. The molecule has 4 heteroatoms. The molecule has 0 bridgehead atoms. The van der Waals surface area contributed by atoms with Gasteiger partial charge >= 0.3 is 0 Å². The predicted octanol–water partition coefficient (Wildman–Crippen LogP) is 3.18. The number of rotatable bonds is 5. The first-order chi connectivity index (χ1) is 12.7. The smallest absolute Gasteiger partial charge is 0.178 e. The summed E-state index contributed by atoms with van der Waals surface area (Å²) >= 11 is 0. The van der Waals surface area contributed by atoms with Gasteiger partial charge in [-0.2, -0.15) is 0 Å². The van der Waals surface area contributed by atoms with Crippen molar-refractivity contribution in [3.63, 3.8) is 0 Å². The standard InChI is InChI=1S/C22H25N3O/c1-23-16-20(19-9-5-6-10-21(19)23)22(26)17-25-13-11-24(12-14-25)15-18-7-3-2-4-8-18/h2-10,16H,11-15,17H2,1H3. The van der Waals surface area contributed by atoms with E-state index in [4.69, 9.17) is 0 Å². The highest BCUT2D eigenvalue weighted by Gasteiger charge is 2.21. The van der Waals surface area contributed by atoms with Crippen molar-refractivity contribution in [3.05, 3.63) is 71.9 Å². The molecule has 2 heterocycles. The minimum Gasteiger partial charge on any atom is -0.350 e. The quantitative estimate of drug-likeness (QED) is 0.664. The molecule has 1 aliphatic heterocycles. The van der Waals surface area contributed by atoms with Crippen LogP contribution in [-0.4, -0.2) is 52.9 Å². The van der Waals surface area contributed by atoms with Gasteiger partial charge in [-0.1, -0.05) is 48.5 Å². The van der Waals surface area contributed by atoms with Gasteiger partial charge in [0, 0.05) is 62.4 Å². The van der Waals surface area contributed by atoms with Gasteiger partial charge in [-0.25, -0.2) is 0 Å². The summed E-state index contributed by atoms with van der Waals surface area (Å²) in [4.78, 5) is 17.6. The van der Waals surface area contributed by atoms with E-state index in [9.17, 15) is 4.79 Å². The number of fused-ring (bicyclic) bond motifs is 1. The molecule has 0 atom stereocenters. The monoisotopic (exact) mass is 347 g/mol. The Balaban J connectivity index is 1.36. The SMILES string of the molecule is Cn1cc(C(=O)CN2CCN(Cc3ccccc3)CC2)c2ccccc21. The van der Waals surface area contributed by atoms with Crippen LogP contribution >= 0.6 is 0 Å². The number of benzene rings is 2. The second-order valence-electron chi connectivity index (χ2n) is 7.13. The Bertz CT molecular complexity index is 892. The third kappa shape index (κ3) is 3.57. The molecule has 0 radical (unpaired) electrons. The van der Waals surface area contributed by atoms with Gasteiger partial charge in [-0.05, 0) is 11.6 Å². The van der Waals surface area contributed by atoms with Gasteiger partial charge in [-0.15, -0.1) is 0 Å². The molecule has 3 aromatic rings. The van der Waals surface area contributed by atoms with Crippen molar-refractivity contribution in [1.82, 2.24) is 14.4 Å². The van der Waals surface area contributed by atoms with Crippen LogP contribution in [0.3, 0.4) is 0 Å². The molecule has 1 aliphatic rings. The number of carbonyl (C=O) groups excluding carboxylic acids is 1. The number of aromatic nitrogens is 1. The predicted molar refractivity (Wildman–Crippen MR) is 105 cm³/mol. The van der Waals surface area contributed by atoms with Crippen LogP contribution in [0.15, 0.2) is 60.8 Å². The highest BCUT2D eigenvalue weighted by Crippen LogP contribution is 2.21. The Kier molecular flexibility index (Phi) is 4.87. The molecule has 134 valence electrons. The fourth-order valence-corrected chi connectivity index (χ4v) is 3.80. The maximum atomic E-state index is 12.8. The molecular formula is C22H25N3O. The minimum atomic E-state index is 0.221. The zero-order chi connectivity index (χ0) is 17.9.